The number of esters is 1. The van der Waals surface area contributed by atoms with E-state index in [1.54, 1.807) is 13.2 Å². The van der Waals surface area contributed by atoms with Gasteiger partial charge in [0.05, 0.1) is 6.61 Å². The van der Waals surface area contributed by atoms with Crippen LogP contribution in [-0.4, -0.2) is 26.3 Å². The normalized spacial score (nSPS) is 11.5. The molecule has 0 N–H and O–H groups in total. The van der Waals surface area contributed by atoms with E-state index in [-0.39, 0.29) is 5.97 Å². The van der Waals surface area contributed by atoms with Crippen molar-refractivity contribution in [2.24, 2.45) is 0 Å². The van der Waals surface area contributed by atoms with Crippen molar-refractivity contribution in [1.82, 2.24) is 0 Å². The quantitative estimate of drug-likeness (QED) is 0.359. The number of carbonyl (C=O) groups is 1. The minimum Gasteiger partial charge on any atom is -0.460 e. The first-order chi connectivity index (χ1) is 6.70. The van der Waals surface area contributed by atoms with E-state index < -0.39 is 0 Å². The Bertz CT molecular complexity index is 185. The molecule has 0 bridgehead atoms. The molecular weight excluding hydrogens is 180 g/mol. The van der Waals surface area contributed by atoms with E-state index in [1.807, 2.05) is 6.92 Å². The minimum atomic E-state index is -0.268. The van der Waals surface area contributed by atoms with Crippen LogP contribution in [0.1, 0.15) is 33.1 Å². The SMILES string of the molecule is CCCC/C(C)=C/C(=O)OCCOC. The highest BCUT2D eigenvalue weighted by atomic mass is 16.6. The molecule has 0 spiro atoms. The number of methoxy groups -OCH3 is 1. The maximum Gasteiger partial charge on any atom is 0.330 e. The van der Waals surface area contributed by atoms with Gasteiger partial charge in [0, 0.05) is 13.2 Å². The van der Waals surface area contributed by atoms with Gasteiger partial charge in [-0.3, -0.25) is 0 Å². The van der Waals surface area contributed by atoms with E-state index in [2.05, 4.69) is 6.92 Å². The van der Waals surface area contributed by atoms with Crippen LogP contribution in [0.15, 0.2) is 11.6 Å². The zero-order valence-electron chi connectivity index (χ0n) is 9.34. The summed E-state index contributed by atoms with van der Waals surface area (Å²) in [6.07, 6.45) is 4.79. The fourth-order valence-corrected chi connectivity index (χ4v) is 0.996. The van der Waals surface area contributed by atoms with Gasteiger partial charge in [-0.2, -0.15) is 0 Å². The zero-order chi connectivity index (χ0) is 10.8. The van der Waals surface area contributed by atoms with Crippen molar-refractivity contribution in [3.8, 4) is 0 Å². The van der Waals surface area contributed by atoms with Gasteiger partial charge in [0.15, 0.2) is 0 Å². The molecule has 0 saturated heterocycles. The number of unbranched alkanes of at least 4 members (excludes halogenated alkanes) is 1. The van der Waals surface area contributed by atoms with Crippen LogP contribution in [-0.2, 0) is 14.3 Å². The summed E-state index contributed by atoms with van der Waals surface area (Å²) in [5.41, 5.74) is 1.08. The minimum absolute atomic E-state index is 0.268. The van der Waals surface area contributed by atoms with Crippen molar-refractivity contribution in [3.63, 3.8) is 0 Å². The molecule has 0 amide bonds. The predicted octanol–water partition coefficient (Wildman–Crippen LogP) is 2.31. The Morgan fingerprint density at radius 3 is 2.64 bits per heavy atom. The monoisotopic (exact) mass is 200 g/mol. The molecule has 0 aliphatic rings. The highest BCUT2D eigenvalue weighted by Crippen LogP contribution is 2.05. The van der Waals surface area contributed by atoms with E-state index in [9.17, 15) is 4.79 Å². The first-order valence-corrected chi connectivity index (χ1v) is 5.03. The van der Waals surface area contributed by atoms with Crippen LogP contribution < -0.4 is 0 Å². The molecule has 3 heteroatoms. The lowest BCUT2D eigenvalue weighted by Crippen LogP contribution is -2.07. The van der Waals surface area contributed by atoms with Crippen LogP contribution in [0.3, 0.4) is 0 Å². The van der Waals surface area contributed by atoms with Crippen LogP contribution in [0.2, 0.25) is 0 Å². The summed E-state index contributed by atoms with van der Waals surface area (Å²) in [4.78, 5) is 11.1. The Morgan fingerprint density at radius 1 is 1.36 bits per heavy atom. The fourth-order valence-electron chi connectivity index (χ4n) is 0.996. The molecule has 0 aromatic carbocycles. The summed E-state index contributed by atoms with van der Waals surface area (Å²) in [6.45, 7) is 4.86. The van der Waals surface area contributed by atoms with Crippen LogP contribution in [0.25, 0.3) is 0 Å². The Labute approximate surface area is 86.1 Å². The Balaban J connectivity index is 3.66. The molecule has 0 fully saturated rings. The van der Waals surface area contributed by atoms with E-state index in [1.165, 1.54) is 0 Å². The maximum atomic E-state index is 11.1. The lowest BCUT2D eigenvalue weighted by molar-refractivity contribution is -0.139. The molecule has 0 atom stereocenters. The van der Waals surface area contributed by atoms with Crippen LogP contribution >= 0.6 is 0 Å². The molecule has 0 aliphatic carbocycles. The smallest absolute Gasteiger partial charge is 0.330 e. The van der Waals surface area contributed by atoms with E-state index in [0.29, 0.717) is 13.2 Å². The molecule has 0 aromatic rings. The van der Waals surface area contributed by atoms with Gasteiger partial charge in [-0.05, 0) is 19.8 Å². The molecule has 14 heavy (non-hydrogen) atoms. The van der Waals surface area contributed by atoms with Crippen LogP contribution in [0.4, 0.5) is 0 Å². The highest BCUT2D eigenvalue weighted by molar-refractivity contribution is 5.82. The lowest BCUT2D eigenvalue weighted by atomic mass is 10.1. The Hall–Kier alpha value is -0.830. The second-order valence-corrected chi connectivity index (χ2v) is 3.25. The van der Waals surface area contributed by atoms with Crippen molar-refractivity contribution < 1.29 is 14.3 Å². The average molecular weight is 200 g/mol. The predicted molar refractivity (Wildman–Crippen MR) is 56.1 cm³/mol. The number of hydrogen-bond acceptors (Lipinski definition) is 3. The zero-order valence-corrected chi connectivity index (χ0v) is 9.34. The van der Waals surface area contributed by atoms with Gasteiger partial charge in [0.1, 0.15) is 6.61 Å². The molecule has 0 heterocycles. The summed E-state index contributed by atoms with van der Waals surface area (Å²) >= 11 is 0. The van der Waals surface area contributed by atoms with Gasteiger partial charge in [-0.25, -0.2) is 4.79 Å². The third kappa shape index (κ3) is 7.80. The summed E-state index contributed by atoms with van der Waals surface area (Å²) in [5, 5.41) is 0. The molecule has 0 saturated carbocycles. The molecule has 0 unspecified atom stereocenters. The third-order valence-electron chi connectivity index (χ3n) is 1.82. The van der Waals surface area contributed by atoms with Crippen molar-refractivity contribution in [3.05, 3.63) is 11.6 Å². The van der Waals surface area contributed by atoms with Gasteiger partial charge in [0.25, 0.3) is 0 Å². The van der Waals surface area contributed by atoms with E-state index in [4.69, 9.17) is 9.47 Å². The Morgan fingerprint density at radius 2 is 2.07 bits per heavy atom. The molecule has 0 radical (unpaired) electrons. The maximum absolute atomic E-state index is 11.1. The molecular formula is C11H20O3. The van der Waals surface area contributed by atoms with Crippen LogP contribution in [0, 0.1) is 0 Å². The Kier molecular flexibility index (Phi) is 8.24. The highest BCUT2D eigenvalue weighted by Gasteiger charge is 1.98. The van der Waals surface area contributed by atoms with Gasteiger partial charge < -0.3 is 9.47 Å². The first-order valence-electron chi connectivity index (χ1n) is 5.03. The largest absolute Gasteiger partial charge is 0.460 e. The van der Waals surface area contributed by atoms with Crippen molar-refractivity contribution in [2.75, 3.05) is 20.3 Å². The molecule has 0 aromatic heterocycles. The summed E-state index contributed by atoms with van der Waals surface area (Å²) < 4.78 is 9.66. The summed E-state index contributed by atoms with van der Waals surface area (Å²) in [7, 11) is 1.58. The van der Waals surface area contributed by atoms with Crippen molar-refractivity contribution in [2.45, 2.75) is 33.1 Å². The first kappa shape index (κ1) is 13.2. The average Bonchev–Trinajstić information content (AvgIpc) is 2.15. The van der Waals surface area contributed by atoms with Gasteiger partial charge in [-0.15, -0.1) is 0 Å². The summed E-state index contributed by atoms with van der Waals surface area (Å²) in [6, 6.07) is 0. The second-order valence-electron chi connectivity index (χ2n) is 3.25. The lowest BCUT2D eigenvalue weighted by Gasteiger charge is -2.02. The topological polar surface area (TPSA) is 35.5 Å². The van der Waals surface area contributed by atoms with Crippen molar-refractivity contribution >= 4 is 5.97 Å². The van der Waals surface area contributed by atoms with E-state index >= 15 is 0 Å². The molecule has 82 valence electrons. The number of allylic oxidation sites excluding steroid dienone is 1. The third-order valence-corrected chi connectivity index (χ3v) is 1.82. The molecule has 0 rings (SSSR count). The van der Waals surface area contributed by atoms with Crippen molar-refractivity contribution in [1.29, 1.82) is 0 Å². The second kappa shape index (κ2) is 8.75. The van der Waals surface area contributed by atoms with Gasteiger partial charge in [0.2, 0.25) is 0 Å². The number of hydrogen-bond donors (Lipinski definition) is 0. The van der Waals surface area contributed by atoms with Crippen LogP contribution in [0.5, 0.6) is 0 Å². The number of rotatable bonds is 7. The number of carbonyl (C=O) groups excluding carboxylic acids is 1. The standard InChI is InChI=1S/C11H20O3/c1-4-5-6-10(2)9-11(12)14-8-7-13-3/h9H,4-8H2,1-3H3/b10-9+. The van der Waals surface area contributed by atoms with Gasteiger partial charge in [-0.1, -0.05) is 18.9 Å². The van der Waals surface area contributed by atoms with Gasteiger partial charge >= 0.3 is 5.97 Å². The number of ether oxygens (including phenoxy) is 2. The molecule has 0 aliphatic heterocycles. The summed E-state index contributed by atoms with van der Waals surface area (Å²) in [5.74, 6) is -0.268. The molecule has 3 nitrogen and oxygen atoms in total. The fraction of sp³-hybridized carbons (Fsp3) is 0.727. The van der Waals surface area contributed by atoms with E-state index in [0.717, 1.165) is 24.8 Å².